The number of ether oxygens (including phenoxy) is 4. The third-order valence-corrected chi connectivity index (χ3v) is 17.0. The lowest BCUT2D eigenvalue weighted by atomic mass is 9.83. The van der Waals surface area contributed by atoms with Gasteiger partial charge in [0.25, 0.3) is 17.7 Å². The van der Waals surface area contributed by atoms with Gasteiger partial charge in [-0.2, -0.15) is 0 Å². The normalized spacial score (nSPS) is 25.1. The van der Waals surface area contributed by atoms with Crippen LogP contribution in [0.15, 0.2) is 66.3 Å². The largest absolute Gasteiger partial charge is 0.457 e. The molecule has 2 aromatic carbocycles. The maximum Gasteiger partial charge on any atom is 0.409 e. The average molecular weight is 1240 g/mol. The number of benzene rings is 2. The van der Waals surface area contributed by atoms with Crippen molar-refractivity contribution in [2.45, 2.75) is 167 Å². The fourth-order valence-corrected chi connectivity index (χ4v) is 11.3. The Bertz CT molecular complexity index is 3030. The number of ketones is 1. The molecule has 9 amide bonds. The van der Waals surface area contributed by atoms with E-state index in [0.29, 0.717) is 47.5 Å². The van der Waals surface area contributed by atoms with E-state index < -0.39 is 120 Å². The molecule has 4 heterocycles. The van der Waals surface area contributed by atoms with E-state index in [1.165, 1.54) is 56.3 Å². The van der Waals surface area contributed by atoms with Gasteiger partial charge >= 0.3 is 18.1 Å². The number of carbonyl (C=O) groups excluding carboxylic acids is 10. The van der Waals surface area contributed by atoms with Crippen molar-refractivity contribution in [3.8, 4) is 0 Å². The molecule has 468 valence electrons. The molecule has 4 bridgehead atoms. The van der Waals surface area contributed by atoms with Crippen LogP contribution in [-0.2, 0) is 65.4 Å². The van der Waals surface area contributed by atoms with Crippen LogP contribution in [0.1, 0.15) is 120 Å². The highest BCUT2D eigenvalue weighted by molar-refractivity contribution is 6.35. The molecular formula is C61H80Cl2N8O15. The minimum absolute atomic E-state index is 0.0325. The molecule has 2 aromatic rings. The number of unbranched alkanes of at least 4 members (excludes halogenated alkanes) is 2. The zero-order valence-corrected chi connectivity index (χ0v) is 51.8. The molecular weight excluding hydrogens is 1160 g/mol. The average Bonchev–Trinajstić information content (AvgIpc) is 1.60. The lowest BCUT2D eigenvalue weighted by molar-refractivity contribution is -0.158. The summed E-state index contributed by atoms with van der Waals surface area (Å²) in [5.74, 6) is -5.37. The number of rotatable bonds is 22. The van der Waals surface area contributed by atoms with E-state index in [-0.39, 0.29) is 67.6 Å². The van der Waals surface area contributed by atoms with Crippen LogP contribution < -0.4 is 31.9 Å². The zero-order chi connectivity index (χ0) is 63.5. The number of alkyl carbamates (subject to hydrolysis) is 1. The summed E-state index contributed by atoms with van der Waals surface area (Å²) in [6, 6.07) is 3.84. The predicted octanol–water partition coefficient (Wildman–Crippen LogP) is 5.45. The second-order valence-corrected chi connectivity index (χ2v) is 23.9. The second-order valence-electron chi connectivity index (χ2n) is 23.1. The smallest absolute Gasteiger partial charge is 0.409 e. The van der Waals surface area contributed by atoms with Gasteiger partial charge in [-0.3, -0.25) is 43.8 Å². The van der Waals surface area contributed by atoms with Crippen molar-refractivity contribution >= 4 is 88.2 Å². The molecule has 2 saturated heterocycles. The van der Waals surface area contributed by atoms with Gasteiger partial charge in [0.2, 0.25) is 17.7 Å². The number of likely N-dealkylation sites (N-methyl/N-ethyl adjacent to an activating group) is 1. The van der Waals surface area contributed by atoms with Crippen LogP contribution in [0.2, 0.25) is 10.0 Å². The molecule has 7 N–H and O–H groups in total. The van der Waals surface area contributed by atoms with Crippen LogP contribution in [0.5, 0.6) is 0 Å². The molecule has 0 saturated carbocycles. The van der Waals surface area contributed by atoms with Crippen molar-refractivity contribution in [1.29, 1.82) is 0 Å². The summed E-state index contributed by atoms with van der Waals surface area (Å²) in [4.78, 5) is 136. The topological polar surface area (TPSA) is 315 Å². The fraction of sp³-hybridized carbons (Fsp3) is 0.541. The number of imide groups is 1. The minimum Gasteiger partial charge on any atom is -0.457 e. The first-order valence-electron chi connectivity index (χ1n) is 28.7. The Morgan fingerprint density at radius 1 is 0.977 bits per heavy atom. The molecule has 10 atom stereocenters. The summed E-state index contributed by atoms with van der Waals surface area (Å²) < 4.78 is 23.9. The van der Waals surface area contributed by atoms with E-state index in [4.69, 9.17) is 47.9 Å². The van der Waals surface area contributed by atoms with Gasteiger partial charge in [0.05, 0.1) is 39.9 Å². The number of Topliss-reactive ketones (excluding diaryl/α,β-unsaturated/α-hetero) is 1. The Morgan fingerprint density at radius 2 is 1.67 bits per heavy atom. The number of epoxide rings is 1. The third kappa shape index (κ3) is 17.1. The van der Waals surface area contributed by atoms with Gasteiger partial charge in [-0.05, 0) is 101 Å². The van der Waals surface area contributed by atoms with E-state index in [1.807, 2.05) is 26.0 Å². The highest BCUT2D eigenvalue weighted by atomic mass is 35.5. The third-order valence-electron chi connectivity index (χ3n) is 16.2. The van der Waals surface area contributed by atoms with Crippen LogP contribution in [-0.4, -0.2) is 162 Å². The second kappa shape index (κ2) is 29.5. The Kier molecular flexibility index (Phi) is 23.3. The van der Waals surface area contributed by atoms with Crippen LogP contribution in [0.3, 0.4) is 0 Å². The molecule has 0 aromatic heterocycles. The quantitative estimate of drug-likeness (QED) is 0.0369. The summed E-state index contributed by atoms with van der Waals surface area (Å²) in [5, 5.41) is 22.7. The predicted molar refractivity (Wildman–Crippen MR) is 318 cm³/mol. The maximum absolute atomic E-state index is 14.5. The molecule has 0 aliphatic carbocycles. The molecule has 2 fully saturated rings. The number of primary amides is 1. The number of amides is 9. The lowest BCUT2D eigenvalue weighted by Gasteiger charge is -2.42. The van der Waals surface area contributed by atoms with Crippen molar-refractivity contribution in [2.75, 3.05) is 39.2 Å². The maximum atomic E-state index is 14.5. The van der Waals surface area contributed by atoms with Crippen molar-refractivity contribution in [3.63, 3.8) is 0 Å². The first-order valence-corrected chi connectivity index (χ1v) is 29.5. The summed E-state index contributed by atoms with van der Waals surface area (Å²) in [6.45, 7) is 12.4. The van der Waals surface area contributed by atoms with E-state index in [9.17, 15) is 53.1 Å². The Hall–Kier alpha value is -7.18. The number of methoxy groups -OCH3 is 1. The number of fused-ring (bicyclic) bond motifs is 5. The number of allylic oxidation sites excluding steroid dienone is 3. The number of aliphatic hydroxyl groups is 1. The van der Waals surface area contributed by atoms with Gasteiger partial charge in [-0.1, -0.05) is 86.3 Å². The SMILES string of the molecule is CO[C@@H]1/C=C/C=C(\C)Cc2cc(C)c(Cl)c(c2)N(C)C(=O)C[C@H](OC(=O)[C@H](C)N(C)C(=O)c2ccc(CC(=O)[C@H](CCCNC(N)=O)NC(=O)[C@@H](NC(=O)CCCCCN3C(=O)C=CC3=O)C(C)C)cc2Cl)[C@]2(C)O[C@H]2[C@H](C)[C@@H]2C[C@@]1(O)NC(=O)O2. The molecule has 4 aliphatic rings. The molecule has 86 heavy (non-hydrogen) atoms. The summed E-state index contributed by atoms with van der Waals surface area (Å²) in [6.07, 6.45) is 4.22. The molecule has 25 heteroatoms. The van der Waals surface area contributed by atoms with E-state index in [2.05, 4.69) is 21.3 Å². The number of aryl methyl sites for hydroxylation is 1. The van der Waals surface area contributed by atoms with Gasteiger partial charge < -0.3 is 55.5 Å². The van der Waals surface area contributed by atoms with Crippen molar-refractivity contribution in [1.82, 2.24) is 31.1 Å². The van der Waals surface area contributed by atoms with Crippen molar-refractivity contribution < 1.29 is 72.0 Å². The van der Waals surface area contributed by atoms with Crippen LogP contribution in [0.4, 0.5) is 15.3 Å². The number of urea groups is 1. The van der Waals surface area contributed by atoms with Crippen molar-refractivity contribution in [3.05, 3.63) is 98.6 Å². The summed E-state index contributed by atoms with van der Waals surface area (Å²) in [5.41, 5.74) is 5.21. The van der Waals surface area contributed by atoms with Gasteiger partial charge in [0, 0.05) is 71.6 Å². The number of carbonyl (C=O) groups is 10. The fourth-order valence-electron chi connectivity index (χ4n) is 10.8. The van der Waals surface area contributed by atoms with Crippen LogP contribution in [0.25, 0.3) is 0 Å². The number of nitrogens with two attached hydrogens (primary N) is 1. The van der Waals surface area contributed by atoms with E-state index >= 15 is 0 Å². The van der Waals surface area contributed by atoms with E-state index in [1.54, 1.807) is 53.0 Å². The Morgan fingerprint density at radius 3 is 2.33 bits per heavy atom. The number of halogens is 2. The van der Waals surface area contributed by atoms with Gasteiger partial charge in [0.1, 0.15) is 36.0 Å². The van der Waals surface area contributed by atoms with Crippen molar-refractivity contribution in [2.24, 2.45) is 17.6 Å². The van der Waals surface area contributed by atoms with Gasteiger partial charge in [-0.25, -0.2) is 14.4 Å². The number of esters is 1. The molecule has 23 nitrogen and oxygen atoms in total. The number of nitrogens with one attached hydrogen (secondary N) is 4. The molecule has 0 radical (unpaired) electrons. The Balaban J connectivity index is 1.15. The number of hydrogen-bond donors (Lipinski definition) is 6. The number of hydrogen-bond acceptors (Lipinski definition) is 15. The van der Waals surface area contributed by atoms with Gasteiger partial charge in [0.15, 0.2) is 11.5 Å². The summed E-state index contributed by atoms with van der Waals surface area (Å²) in [7, 11) is 4.33. The zero-order valence-electron chi connectivity index (χ0n) is 50.3. The molecule has 6 rings (SSSR count). The first kappa shape index (κ1) is 67.9. The number of anilines is 1. The van der Waals surface area contributed by atoms with Gasteiger partial charge in [-0.15, -0.1) is 0 Å². The van der Waals surface area contributed by atoms with E-state index in [0.717, 1.165) is 20.9 Å². The first-order chi connectivity index (χ1) is 40.5. The highest BCUT2D eigenvalue weighted by Gasteiger charge is 2.64. The van der Waals surface area contributed by atoms with Crippen LogP contribution >= 0.6 is 23.2 Å². The summed E-state index contributed by atoms with van der Waals surface area (Å²) >= 11 is 13.6. The molecule has 4 aliphatic heterocycles. The standard InChI is InChI=1S/C61H80Cl2N8O15/c1-33(2)53(67-48(73)19-12-11-13-25-71-49(74)22-23-50(71)75)55(77)66-42(17-15-24-65-58(64)80)44(72)30-38-20-21-40(41(62)28-38)56(78)69(8)37(6)57(79)85-47-31-51(76)70(9)43-29-39(27-35(4)52(43)63)26-34(3)16-14-18-46(83-10)61(82)32-45(84-59(81)68-61)36(5)54-60(47,7)86-54/h14,16,18,20-23,27-29,33,36-37,42,45-47,53-54,82H,11-13,15,17,19,24-26,30-32H2,1-10H3,(H,66,77)(H,67,73)(H,68,81)(H3,64,65,80)/b18-14+,34-16+/t36-,37+,42+,45+,46-,47+,53+,54+,60+,61+/m1/s1. The number of nitrogens with zero attached hydrogens (tertiary/aromatic N) is 3. The van der Waals surface area contributed by atoms with Crippen LogP contribution in [0, 0.1) is 18.8 Å². The monoisotopic (exact) mass is 1230 g/mol. The molecule has 0 spiro atoms. The lowest BCUT2D eigenvalue weighted by Crippen LogP contribution is -2.63. The minimum atomic E-state index is -1.91. The highest BCUT2D eigenvalue weighted by Crippen LogP contribution is 2.49. The Labute approximate surface area is 511 Å². The molecule has 0 unspecified atom stereocenters.